The molecule has 0 spiro atoms. The van der Waals surface area contributed by atoms with Crippen LogP contribution in [0.25, 0.3) is 0 Å². The van der Waals surface area contributed by atoms with Crippen LogP contribution in [-0.4, -0.2) is 36.0 Å². The molecule has 1 amide bonds. The van der Waals surface area contributed by atoms with E-state index in [1.807, 2.05) is 0 Å². The van der Waals surface area contributed by atoms with Crippen molar-refractivity contribution in [1.29, 1.82) is 0 Å². The van der Waals surface area contributed by atoms with Crippen LogP contribution in [0.15, 0.2) is 0 Å². The summed E-state index contributed by atoms with van der Waals surface area (Å²) >= 11 is 0. The summed E-state index contributed by atoms with van der Waals surface area (Å²) < 4.78 is 0. The Morgan fingerprint density at radius 2 is 1.87 bits per heavy atom. The highest BCUT2D eigenvalue weighted by Gasteiger charge is 2.39. The standard InChI is InChI=1S/C12H22N2O/c1-8(2)14(11-4-5-11)12(15)9(3)10-6-13-7-10/h8-11,13H,4-7H2,1-3H3. The molecule has 1 saturated carbocycles. The van der Waals surface area contributed by atoms with Crippen molar-refractivity contribution in [3.63, 3.8) is 0 Å². The lowest BCUT2D eigenvalue weighted by atomic mass is 9.87. The van der Waals surface area contributed by atoms with Crippen molar-refractivity contribution in [2.45, 2.75) is 45.7 Å². The van der Waals surface area contributed by atoms with Gasteiger partial charge >= 0.3 is 0 Å². The van der Waals surface area contributed by atoms with Gasteiger partial charge in [0.15, 0.2) is 0 Å². The lowest BCUT2D eigenvalue weighted by Crippen LogP contribution is -2.52. The molecule has 1 heterocycles. The van der Waals surface area contributed by atoms with E-state index < -0.39 is 0 Å². The maximum absolute atomic E-state index is 12.3. The van der Waals surface area contributed by atoms with E-state index in [1.54, 1.807) is 0 Å². The Hall–Kier alpha value is -0.570. The second kappa shape index (κ2) is 4.12. The molecule has 1 N–H and O–H groups in total. The first kappa shape index (κ1) is 10.9. The van der Waals surface area contributed by atoms with Crippen LogP contribution in [0, 0.1) is 11.8 Å². The zero-order valence-electron chi connectivity index (χ0n) is 9.99. The van der Waals surface area contributed by atoms with Crippen molar-refractivity contribution < 1.29 is 4.79 Å². The molecule has 3 heteroatoms. The first-order valence-electron chi connectivity index (χ1n) is 6.14. The molecule has 3 nitrogen and oxygen atoms in total. The Morgan fingerprint density at radius 3 is 2.20 bits per heavy atom. The fraction of sp³-hybridized carbons (Fsp3) is 0.917. The molecule has 0 aromatic carbocycles. The Labute approximate surface area is 92.2 Å². The minimum Gasteiger partial charge on any atom is -0.337 e. The molecular weight excluding hydrogens is 188 g/mol. The van der Waals surface area contributed by atoms with Crippen molar-refractivity contribution in [3.8, 4) is 0 Å². The van der Waals surface area contributed by atoms with E-state index in [0.717, 1.165) is 13.1 Å². The van der Waals surface area contributed by atoms with Crippen molar-refractivity contribution in [2.24, 2.45) is 11.8 Å². The Kier molecular flexibility index (Phi) is 3.01. The smallest absolute Gasteiger partial charge is 0.226 e. The average molecular weight is 210 g/mol. The molecule has 2 fully saturated rings. The van der Waals surface area contributed by atoms with Crippen LogP contribution in [0.2, 0.25) is 0 Å². The van der Waals surface area contributed by atoms with E-state index in [1.165, 1.54) is 12.8 Å². The molecular formula is C12H22N2O. The van der Waals surface area contributed by atoms with Crippen molar-refractivity contribution in [3.05, 3.63) is 0 Å². The van der Waals surface area contributed by atoms with Gasteiger partial charge in [0.25, 0.3) is 0 Å². The predicted molar refractivity (Wildman–Crippen MR) is 60.5 cm³/mol. The second-order valence-electron chi connectivity index (χ2n) is 5.28. The van der Waals surface area contributed by atoms with Gasteiger partial charge in [-0.2, -0.15) is 0 Å². The highest BCUT2D eigenvalue weighted by atomic mass is 16.2. The summed E-state index contributed by atoms with van der Waals surface area (Å²) in [5, 5.41) is 3.24. The van der Waals surface area contributed by atoms with Gasteiger partial charge in [0.05, 0.1) is 0 Å². The van der Waals surface area contributed by atoms with Crippen LogP contribution in [0.4, 0.5) is 0 Å². The van der Waals surface area contributed by atoms with Gasteiger partial charge in [-0.25, -0.2) is 0 Å². The lowest BCUT2D eigenvalue weighted by Gasteiger charge is -2.36. The van der Waals surface area contributed by atoms with Crippen LogP contribution in [0.1, 0.15) is 33.6 Å². The van der Waals surface area contributed by atoms with Crippen molar-refractivity contribution >= 4 is 5.91 Å². The molecule has 15 heavy (non-hydrogen) atoms. The SMILES string of the molecule is CC(C(=O)N(C(C)C)C1CC1)C1CNC1. The van der Waals surface area contributed by atoms with Crippen LogP contribution < -0.4 is 5.32 Å². The molecule has 1 atom stereocenters. The lowest BCUT2D eigenvalue weighted by molar-refractivity contribution is -0.139. The molecule has 1 aliphatic carbocycles. The number of carbonyl (C=O) groups is 1. The third-order valence-electron chi connectivity index (χ3n) is 3.66. The first-order chi connectivity index (χ1) is 7.11. The van der Waals surface area contributed by atoms with Gasteiger partial charge in [0.1, 0.15) is 0 Å². The van der Waals surface area contributed by atoms with E-state index in [9.17, 15) is 4.79 Å². The summed E-state index contributed by atoms with van der Waals surface area (Å²) in [5.74, 6) is 1.14. The number of nitrogens with zero attached hydrogens (tertiary/aromatic N) is 1. The van der Waals surface area contributed by atoms with Crippen LogP contribution >= 0.6 is 0 Å². The fourth-order valence-electron chi connectivity index (χ4n) is 2.31. The maximum Gasteiger partial charge on any atom is 0.226 e. The van der Waals surface area contributed by atoms with Gasteiger partial charge in [-0.1, -0.05) is 6.92 Å². The van der Waals surface area contributed by atoms with Gasteiger partial charge in [0, 0.05) is 18.0 Å². The number of nitrogens with one attached hydrogen (secondary N) is 1. The summed E-state index contributed by atoms with van der Waals surface area (Å²) in [6.45, 7) is 8.38. The molecule has 1 saturated heterocycles. The normalized spacial score (nSPS) is 23.7. The van der Waals surface area contributed by atoms with Crippen LogP contribution in [-0.2, 0) is 4.79 Å². The minimum absolute atomic E-state index is 0.203. The fourth-order valence-corrected chi connectivity index (χ4v) is 2.31. The van der Waals surface area contributed by atoms with Crippen molar-refractivity contribution in [1.82, 2.24) is 10.2 Å². The van der Waals surface area contributed by atoms with E-state index >= 15 is 0 Å². The Morgan fingerprint density at radius 1 is 1.27 bits per heavy atom. The molecule has 0 aromatic heterocycles. The molecule has 2 rings (SSSR count). The maximum atomic E-state index is 12.3. The number of hydrogen-bond donors (Lipinski definition) is 1. The second-order valence-corrected chi connectivity index (χ2v) is 5.28. The number of hydrogen-bond acceptors (Lipinski definition) is 2. The number of amides is 1. The van der Waals surface area contributed by atoms with E-state index in [0.29, 0.717) is 23.9 Å². The molecule has 0 bridgehead atoms. The number of rotatable bonds is 4. The van der Waals surface area contributed by atoms with Gasteiger partial charge in [-0.05, 0) is 45.7 Å². The average Bonchev–Trinajstić information content (AvgIpc) is 2.84. The van der Waals surface area contributed by atoms with Crippen LogP contribution in [0.3, 0.4) is 0 Å². The first-order valence-corrected chi connectivity index (χ1v) is 6.14. The summed E-state index contributed by atoms with van der Waals surface area (Å²) in [5.41, 5.74) is 0. The quantitative estimate of drug-likeness (QED) is 0.757. The van der Waals surface area contributed by atoms with E-state index in [-0.39, 0.29) is 5.92 Å². The Balaban J connectivity index is 1.96. The summed E-state index contributed by atoms with van der Waals surface area (Å²) in [4.78, 5) is 14.4. The topological polar surface area (TPSA) is 32.3 Å². The largest absolute Gasteiger partial charge is 0.337 e. The summed E-state index contributed by atoms with van der Waals surface area (Å²) in [6, 6.07) is 0.911. The molecule has 1 aliphatic heterocycles. The van der Waals surface area contributed by atoms with E-state index in [2.05, 4.69) is 31.0 Å². The minimum atomic E-state index is 0.203. The number of carbonyl (C=O) groups excluding carboxylic acids is 1. The molecule has 86 valence electrons. The molecule has 1 unspecified atom stereocenters. The third-order valence-corrected chi connectivity index (χ3v) is 3.66. The van der Waals surface area contributed by atoms with Crippen LogP contribution in [0.5, 0.6) is 0 Å². The monoisotopic (exact) mass is 210 g/mol. The zero-order chi connectivity index (χ0) is 11.0. The highest BCUT2D eigenvalue weighted by Crippen LogP contribution is 2.31. The predicted octanol–water partition coefficient (Wildman–Crippen LogP) is 1.24. The third kappa shape index (κ3) is 2.17. The van der Waals surface area contributed by atoms with Gasteiger partial charge in [0.2, 0.25) is 5.91 Å². The molecule has 2 aliphatic rings. The Bertz CT molecular complexity index is 242. The summed E-state index contributed by atoms with van der Waals surface area (Å²) in [7, 11) is 0. The van der Waals surface area contributed by atoms with Crippen molar-refractivity contribution in [2.75, 3.05) is 13.1 Å². The summed E-state index contributed by atoms with van der Waals surface area (Å²) in [6.07, 6.45) is 2.42. The van der Waals surface area contributed by atoms with E-state index in [4.69, 9.17) is 0 Å². The van der Waals surface area contributed by atoms with Gasteiger partial charge in [-0.3, -0.25) is 4.79 Å². The molecule has 0 radical (unpaired) electrons. The zero-order valence-corrected chi connectivity index (χ0v) is 9.99. The van der Waals surface area contributed by atoms with Gasteiger partial charge < -0.3 is 10.2 Å². The molecule has 0 aromatic rings. The van der Waals surface area contributed by atoms with Gasteiger partial charge in [-0.15, -0.1) is 0 Å². The highest BCUT2D eigenvalue weighted by molar-refractivity contribution is 5.80.